The molecular weight excluding hydrogens is 432 g/mol. The highest BCUT2D eigenvalue weighted by Gasteiger charge is 2.19. The van der Waals surface area contributed by atoms with Crippen LogP contribution in [0.4, 0.5) is 0 Å². The Morgan fingerprint density at radius 2 is 1.71 bits per heavy atom. The van der Waals surface area contributed by atoms with Crippen LogP contribution in [0.5, 0.6) is 5.75 Å². The average Bonchev–Trinajstić information content (AvgIpc) is 2.80. The molecule has 0 saturated carbocycles. The van der Waals surface area contributed by atoms with Crippen LogP contribution in [0.15, 0.2) is 35.1 Å². The lowest BCUT2D eigenvalue weighted by Crippen LogP contribution is -2.30. The molecule has 7 nitrogen and oxygen atoms in total. The molecule has 0 radical (unpaired) electrons. The number of hydrogen-bond donors (Lipinski definition) is 0. The van der Waals surface area contributed by atoms with Crippen LogP contribution in [0, 0.1) is 0 Å². The molecule has 1 aromatic heterocycles. The number of esters is 1. The summed E-state index contributed by atoms with van der Waals surface area (Å²) in [6, 6.07) is 9.53. The second-order valence-electron chi connectivity index (χ2n) is 8.77. The Kier molecular flexibility index (Phi) is 8.79. The molecule has 3 rings (SSSR count). The molecule has 0 bridgehead atoms. The zero-order chi connectivity index (χ0) is 24.7. The summed E-state index contributed by atoms with van der Waals surface area (Å²) in [6.45, 7) is 7.96. The number of benzene rings is 2. The van der Waals surface area contributed by atoms with Gasteiger partial charge in [0.15, 0.2) is 0 Å². The van der Waals surface area contributed by atoms with E-state index in [1.165, 1.54) is 11.5 Å². The van der Waals surface area contributed by atoms with Gasteiger partial charge < -0.3 is 9.47 Å². The third-order valence-electron chi connectivity index (χ3n) is 5.80. The van der Waals surface area contributed by atoms with E-state index in [9.17, 15) is 14.4 Å². The number of nitrogens with zero attached hydrogens (tertiary/aromatic N) is 2. The van der Waals surface area contributed by atoms with Gasteiger partial charge in [0.1, 0.15) is 11.4 Å². The number of aromatic nitrogens is 2. The summed E-state index contributed by atoms with van der Waals surface area (Å²) >= 11 is 0. The molecule has 0 spiro atoms. The van der Waals surface area contributed by atoms with E-state index in [1.54, 1.807) is 6.07 Å². The van der Waals surface area contributed by atoms with Crippen molar-refractivity contribution in [3.05, 3.63) is 46.4 Å². The maximum Gasteiger partial charge on any atom is 0.305 e. The minimum Gasteiger partial charge on any atom is -0.493 e. The van der Waals surface area contributed by atoms with Crippen LogP contribution in [0.25, 0.3) is 21.8 Å². The Hall–Kier alpha value is -3.22. The number of unbranched alkanes of at least 4 members (excludes halogenated alkanes) is 4. The van der Waals surface area contributed by atoms with Crippen LogP contribution in [0.3, 0.4) is 0 Å². The van der Waals surface area contributed by atoms with E-state index >= 15 is 0 Å². The standard InChI is InChI=1S/C27H34N2O5/c1-5-33-24(31)15-9-7-6-8-12-16-34-23-17-22-26(21-14-11-10-13-20(21)23)28-25(18(2)3)27(32)29(22)19(4)30/h10-11,13-14,17-18H,5-9,12,15-16H2,1-4H3. The molecule has 0 fully saturated rings. The molecule has 182 valence electrons. The van der Waals surface area contributed by atoms with Crippen molar-refractivity contribution in [2.75, 3.05) is 13.2 Å². The lowest BCUT2D eigenvalue weighted by atomic mass is 10.1. The second kappa shape index (κ2) is 11.8. The van der Waals surface area contributed by atoms with Gasteiger partial charge in [-0.05, 0) is 19.8 Å². The first-order valence-corrected chi connectivity index (χ1v) is 12.1. The predicted octanol–water partition coefficient (Wildman–Crippen LogP) is 5.62. The van der Waals surface area contributed by atoms with E-state index in [4.69, 9.17) is 9.47 Å². The van der Waals surface area contributed by atoms with Gasteiger partial charge in [-0.1, -0.05) is 57.4 Å². The van der Waals surface area contributed by atoms with Gasteiger partial charge in [-0.3, -0.25) is 14.4 Å². The molecule has 3 aromatic rings. The third-order valence-corrected chi connectivity index (χ3v) is 5.80. The van der Waals surface area contributed by atoms with Crippen molar-refractivity contribution in [3.63, 3.8) is 0 Å². The maximum atomic E-state index is 13.0. The fraction of sp³-hybridized carbons (Fsp3) is 0.481. The fourth-order valence-electron chi connectivity index (χ4n) is 4.12. The Morgan fingerprint density at radius 3 is 2.38 bits per heavy atom. The highest BCUT2D eigenvalue weighted by Crippen LogP contribution is 2.33. The summed E-state index contributed by atoms with van der Waals surface area (Å²) < 4.78 is 12.3. The fourth-order valence-corrected chi connectivity index (χ4v) is 4.12. The zero-order valence-corrected chi connectivity index (χ0v) is 20.6. The van der Waals surface area contributed by atoms with Crippen molar-refractivity contribution in [1.29, 1.82) is 0 Å². The number of fused-ring (bicyclic) bond motifs is 3. The smallest absolute Gasteiger partial charge is 0.305 e. The molecule has 0 amide bonds. The maximum absolute atomic E-state index is 13.0. The molecule has 1 heterocycles. The third kappa shape index (κ3) is 5.82. The average molecular weight is 467 g/mol. The minimum atomic E-state index is -0.376. The van der Waals surface area contributed by atoms with E-state index < -0.39 is 0 Å². The molecule has 0 aliphatic rings. The molecule has 0 N–H and O–H groups in total. The lowest BCUT2D eigenvalue weighted by molar-refractivity contribution is -0.143. The number of carbonyl (C=O) groups excluding carboxylic acids is 2. The topological polar surface area (TPSA) is 87.5 Å². The summed E-state index contributed by atoms with van der Waals surface area (Å²) in [5.74, 6) is 0.0600. The molecule has 7 heteroatoms. The minimum absolute atomic E-state index is 0.102. The molecule has 0 aliphatic carbocycles. The summed E-state index contributed by atoms with van der Waals surface area (Å²) in [7, 11) is 0. The Morgan fingerprint density at radius 1 is 1.03 bits per heavy atom. The molecule has 34 heavy (non-hydrogen) atoms. The molecule has 0 aliphatic heterocycles. The number of rotatable bonds is 11. The van der Waals surface area contributed by atoms with E-state index in [1.807, 2.05) is 45.0 Å². The first kappa shape index (κ1) is 25.4. The predicted molar refractivity (Wildman–Crippen MR) is 134 cm³/mol. The number of hydrogen-bond acceptors (Lipinski definition) is 6. The van der Waals surface area contributed by atoms with E-state index in [2.05, 4.69) is 4.98 Å². The van der Waals surface area contributed by atoms with Crippen molar-refractivity contribution in [1.82, 2.24) is 9.55 Å². The molecule has 0 saturated heterocycles. The monoisotopic (exact) mass is 466 g/mol. The summed E-state index contributed by atoms with van der Waals surface area (Å²) in [5.41, 5.74) is 1.10. The highest BCUT2D eigenvalue weighted by atomic mass is 16.5. The number of ether oxygens (including phenoxy) is 2. The first-order valence-electron chi connectivity index (χ1n) is 12.1. The Bertz CT molecular complexity index is 1230. The molecule has 0 atom stereocenters. The van der Waals surface area contributed by atoms with Gasteiger partial charge in [-0.25, -0.2) is 9.55 Å². The van der Waals surface area contributed by atoms with Gasteiger partial charge in [-0.2, -0.15) is 0 Å². The summed E-state index contributed by atoms with van der Waals surface area (Å²) in [4.78, 5) is 41.5. The summed E-state index contributed by atoms with van der Waals surface area (Å²) in [6.07, 6.45) is 5.17. The van der Waals surface area contributed by atoms with Gasteiger partial charge >= 0.3 is 5.97 Å². The Balaban J connectivity index is 1.77. The van der Waals surface area contributed by atoms with Crippen LogP contribution in [0.1, 0.15) is 82.6 Å². The van der Waals surface area contributed by atoms with Crippen LogP contribution in [-0.2, 0) is 9.53 Å². The van der Waals surface area contributed by atoms with Gasteiger partial charge in [0.2, 0.25) is 5.91 Å². The van der Waals surface area contributed by atoms with E-state index in [0.717, 1.165) is 42.9 Å². The largest absolute Gasteiger partial charge is 0.493 e. The van der Waals surface area contributed by atoms with Crippen molar-refractivity contribution in [3.8, 4) is 5.75 Å². The van der Waals surface area contributed by atoms with Crippen LogP contribution in [-0.4, -0.2) is 34.6 Å². The molecule has 2 aromatic carbocycles. The molecular formula is C27H34N2O5. The molecule has 0 unspecified atom stereocenters. The van der Waals surface area contributed by atoms with Gasteiger partial charge in [0, 0.05) is 36.1 Å². The van der Waals surface area contributed by atoms with Gasteiger partial charge in [-0.15, -0.1) is 0 Å². The normalized spacial score (nSPS) is 11.3. The van der Waals surface area contributed by atoms with Crippen LogP contribution < -0.4 is 10.3 Å². The van der Waals surface area contributed by atoms with Crippen molar-refractivity contribution in [2.45, 2.75) is 72.1 Å². The second-order valence-corrected chi connectivity index (χ2v) is 8.77. The lowest BCUT2D eigenvalue weighted by Gasteiger charge is -2.16. The van der Waals surface area contributed by atoms with Crippen LogP contribution >= 0.6 is 0 Å². The van der Waals surface area contributed by atoms with Gasteiger partial charge in [0.25, 0.3) is 5.56 Å². The van der Waals surface area contributed by atoms with Crippen molar-refractivity contribution in [2.24, 2.45) is 0 Å². The van der Waals surface area contributed by atoms with Gasteiger partial charge in [0.05, 0.1) is 24.2 Å². The van der Waals surface area contributed by atoms with E-state index in [0.29, 0.717) is 42.1 Å². The van der Waals surface area contributed by atoms with Crippen LogP contribution in [0.2, 0.25) is 0 Å². The number of carbonyl (C=O) groups is 2. The summed E-state index contributed by atoms with van der Waals surface area (Å²) in [5, 5.41) is 1.76. The van der Waals surface area contributed by atoms with E-state index in [-0.39, 0.29) is 23.4 Å². The Labute approximate surface area is 200 Å². The first-order chi connectivity index (χ1) is 16.3. The highest BCUT2D eigenvalue weighted by molar-refractivity contribution is 6.08. The SMILES string of the molecule is CCOC(=O)CCCCCCCOc1cc2c(nc(C(C)C)c(=O)n2C(C)=O)c2ccccc12. The zero-order valence-electron chi connectivity index (χ0n) is 20.6. The quantitative estimate of drug-likeness (QED) is 0.207. The van der Waals surface area contributed by atoms with Crippen molar-refractivity contribution >= 4 is 33.7 Å². The van der Waals surface area contributed by atoms with Crippen molar-refractivity contribution < 1.29 is 19.1 Å².